The maximum Gasteiger partial charge on any atom is 0.303 e. The van der Waals surface area contributed by atoms with E-state index < -0.39 is 5.97 Å². The number of ether oxygens (including phenoxy) is 1. The summed E-state index contributed by atoms with van der Waals surface area (Å²) in [7, 11) is 1.53. The summed E-state index contributed by atoms with van der Waals surface area (Å²) in [5.74, 6) is -0.259. The van der Waals surface area contributed by atoms with Crippen molar-refractivity contribution < 1.29 is 19.4 Å². The van der Waals surface area contributed by atoms with E-state index in [-0.39, 0.29) is 6.42 Å². The molecule has 0 aliphatic heterocycles. The molecule has 0 heterocycles. The van der Waals surface area contributed by atoms with Crippen LogP contribution in [0.1, 0.15) is 22.3 Å². The number of hydrogen-bond acceptors (Lipinski definition) is 3. The van der Waals surface area contributed by atoms with Crippen molar-refractivity contribution in [1.82, 2.24) is 0 Å². The molecule has 0 atom stereocenters. The molecular formula is C17H16O4. The van der Waals surface area contributed by atoms with Gasteiger partial charge < -0.3 is 9.84 Å². The number of aldehydes is 1. The molecule has 2 aromatic rings. The quantitative estimate of drug-likeness (QED) is 0.827. The molecule has 0 saturated carbocycles. The van der Waals surface area contributed by atoms with E-state index >= 15 is 0 Å². The van der Waals surface area contributed by atoms with Crippen LogP contribution in [0.25, 0.3) is 11.1 Å². The highest BCUT2D eigenvalue weighted by atomic mass is 16.5. The molecule has 0 fully saturated rings. The molecule has 21 heavy (non-hydrogen) atoms. The summed E-state index contributed by atoms with van der Waals surface area (Å²) in [4.78, 5) is 21.4. The van der Waals surface area contributed by atoms with Gasteiger partial charge in [-0.1, -0.05) is 30.3 Å². The summed E-state index contributed by atoms with van der Waals surface area (Å²) in [6.07, 6.45) is 1.40. The standard InChI is InChI=1S/C17H16O4/c1-21-16-10-14(7-8-15(16)11-18)13-5-2-12(3-6-13)4-9-17(19)20/h2-3,5-8,10-11H,4,9H2,1H3,(H,19,20). The first-order valence-corrected chi connectivity index (χ1v) is 6.58. The van der Waals surface area contributed by atoms with Crippen molar-refractivity contribution in [2.45, 2.75) is 12.8 Å². The largest absolute Gasteiger partial charge is 0.496 e. The summed E-state index contributed by atoms with van der Waals surface area (Å²) >= 11 is 0. The molecule has 0 aliphatic carbocycles. The number of carbonyl (C=O) groups is 2. The third-order valence-corrected chi connectivity index (χ3v) is 3.28. The van der Waals surface area contributed by atoms with Gasteiger partial charge in [-0.15, -0.1) is 0 Å². The summed E-state index contributed by atoms with van der Waals surface area (Å²) < 4.78 is 5.19. The van der Waals surface area contributed by atoms with Crippen molar-refractivity contribution in [3.05, 3.63) is 53.6 Å². The number of carbonyl (C=O) groups excluding carboxylic acids is 1. The predicted molar refractivity (Wildman–Crippen MR) is 79.8 cm³/mol. The van der Waals surface area contributed by atoms with Crippen LogP contribution in [0.4, 0.5) is 0 Å². The minimum absolute atomic E-state index is 0.126. The summed E-state index contributed by atoms with van der Waals surface area (Å²) in [6.45, 7) is 0. The van der Waals surface area contributed by atoms with Crippen LogP contribution in [0.3, 0.4) is 0 Å². The number of carboxylic acid groups (broad SMARTS) is 1. The van der Waals surface area contributed by atoms with E-state index in [4.69, 9.17) is 9.84 Å². The van der Waals surface area contributed by atoms with Crippen molar-refractivity contribution in [2.75, 3.05) is 7.11 Å². The van der Waals surface area contributed by atoms with Crippen LogP contribution in [0.5, 0.6) is 5.75 Å². The molecule has 0 saturated heterocycles. The lowest BCUT2D eigenvalue weighted by Crippen LogP contribution is -1.97. The summed E-state index contributed by atoms with van der Waals surface area (Å²) in [5, 5.41) is 8.67. The van der Waals surface area contributed by atoms with Gasteiger partial charge in [-0.3, -0.25) is 9.59 Å². The first-order valence-electron chi connectivity index (χ1n) is 6.58. The number of carboxylic acids is 1. The zero-order valence-corrected chi connectivity index (χ0v) is 11.7. The first-order chi connectivity index (χ1) is 10.1. The molecule has 1 N–H and O–H groups in total. The Kier molecular flexibility index (Phi) is 4.72. The van der Waals surface area contributed by atoms with Gasteiger partial charge in [0.25, 0.3) is 0 Å². The third-order valence-electron chi connectivity index (χ3n) is 3.28. The molecule has 0 spiro atoms. The van der Waals surface area contributed by atoms with Gasteiger partial charge in [0.15, 0.2) is 6.29 Å². The molecule has 0 unspecified atom stereocenters. The van der Waals surface area contributed by atoms with E-state index in [0.29, 0.717) is 17.7 Å². The van der Waals surface area contributed by atoms with Crippen molar-refractivity contribution in [2.24, 2.45) is 0 Å². The zero-order chi connectivity index (χ0) is 15.2. The Hall–Kier alpha value is -2.62. The number of methoxy groups -OCH3 is 1. The molecule has 0 radical (unpaired) electrons. The topological polar surface area (TPSA) is 63.6 Å². The number of aliphatic carboxylic acids is 1. The third kappa shape index (κ3) is 3.69. The molecule has 2 aromatic carbocycles. The monoisotopic (exact) mass is 284 g/mol. The van der Waals surface area contributed by atoms with Crippen molar-refractivity contribution in [3.63, 3.8) is 0 Å². The highest BCUT2D eigenvalue weighted by Gasteiger charge is 2.06. The Labute approximate surface area is 123 Å². The number of benzene rings is 2. The van der Waals surface area contributed by atoms with Crippen LogP contribution in [0, 0.1) is 0 Å². The molecule has 0 aromatic heterocycles. The van der Waals surface area contributed by atoms with Crippen LogP contribution in [-0.4, -0.2) is 24.5 Å². The maximum absolute atomic E-state index is 10.9. The highest BCUT2D eigenvalue weighted by Crippen LogP contribution is 2.26. The number of hydrogen-bond donors (Lipinski definition) is 1. The maximum atomic E-state index is 10.9. The van der Waals surface area contributed by atoms with E-state index in [2.05, 4.69) is 0 Å². The molecular weight excluding hydrogens is 268 g/mol. The Morgan fingerprint density at radius 2 is 1.81 bits per heavy atom. The number of rotatable bonds is 6. The predicted octanol–water partition coefficient (Wildman–Crippen LogP) is 3.19. The lowest BCUT2D eigenvalue weighted by molar-refractivity contribution is -0.136. The van der Waals surface area contributed by atoms with E-state index in [1.165, 1.54) is 7.11 Å². The number of aryl methyl sites for hydroxylation is 1. The van der Waals surface area contributed by atoms with Crippen molar-refractivity contribution >= 4 is 12.3 Å². The second-order valence-electron chi connectivity index (χ2n) is 4.67. The van der Waals surface area contributed by atoms with Crippen LogP contribution in [-0.2, 0) is 11.2 Å². The average Bonchev–Trinajstić information content (AvgIpc) is 2.52. The Bertz CT molecular complexity index is 644. The Morgan fingerprint density at radius 3 is 2.38 bits per heavy atom. The Balaban J connectivity index is 2.22. The SMILES string of the molecule is COc1cc(-c2ccc(CCC(=O)O)cc2)ccc1C=O. The average molecular weight is 284 g/mol. The highest BCUT2D eigenvalue weighted by molar-refractivity contribution is 5.81. The minimum Gasteiger partial charge on any atom is -0.496 e. The molecule has 4 heteroatoms. The van der Waals surface area contributed by atoms with E-state index in [9.17, 15) is 9.59 Å². The smallest absolute Gasteiger partial charge is 0.303 e. The van der Waals surface area contributed by atoms with Gasteiger partial charge in [-0.05, 0) is 35.2 Å². The van der Waals surface area contributed by atoms with Gasteiger partial charge in [0.1, 0.15) is 5.75 Å². The van der Waals surface area contributed by atoms with E-state index in [1.807, 2.05) is 36.4 Å². The molecule has 2 rings (SSSR count). The second kappa shape index (κ2) is 6.70. The fraction of sp³-hybridized carbons (Fsp3) is 0.176. The molecule has 0 amide bonds. The fourth-order valence-electron chi connectivity index (χ4n) is 2.10. The molecule has 108 valence electrons. The van der Waals surface area contributed by atoms with Gasteiger partial charge in [-0.25, -0.2) is 0 Å². The fourth-order valence-corrected chi connectivity index (χ4v) is 2.10. The lowest BCUT2D eigenvalue weighted by atomic mass is 10.0. The van der Waals surface area contributed by atoms with Gasteiger partial charge in [0.05, 0.1) is 12.7 Å². The normalized spacial score (nSPS) is 10.1. The molecule has 4 nitrogen and oxygen atoms in total. The lowest BCUT2D eigenvalue weighted by Gasteiger charge is -2.08. The van der Waals surface area contributed by atoms with E-state index in [0.717, 1.165) is 23.0 Å². The van der Waals surface area contributed by atoms with Crippen LogP contribution >= 0.6 is 0 Å². The summed E-state index contributed by atoms with van der Waals surface area (Å²) in [5.41, 5.74) is 3.43. The summed E-state index contributed by atoms with van der Waals surface area (Å²) in [6, 6.07) is 13.1. The minimum atomic E-state index is -0.798. The van der Waals surface area contributed by atoms with Gasteiger partial charge >= 0.3 is 5.97 Å². The zero-order valence-electron chi connectivity index (χ0n) is 11.7. The van der Waals surface area contributed by atoms with Gasteiger partial charge in [0, 0.05) is 6.42 Å². The van der Waals surface area contributed by atoms with E-state index in [1.54, 1.807) is 6.07 Å². The van der Waals surface area contributed by atoms with Gasteiger partial charge in [0.2, 0.25) is 0 Å². The van der Waals surface area contributed by atoms with Crippen molar-refractivity contribution in [1.29, 1.82) is 0 Å². The molecule has 0 bridgehead atoms. The first kappa shape index (κ1) is 14.8. The van der Waals surface area contributed by atoms with Crippen LogP contribution < -0.4 is 4.74 Å². The van der Waals surface area contributed by atoms with Crippen molar-refractivity contribution in [3.8, 4) is 16.9 Å². The van der Waals surface area contributed by atoms with Gasteiger partial charge in [-0.2, -0.15) is 0 Å². The second-order valence-corrected chi connectivity index (χ2v) is 4.67. The van der Waals surface area contributed by atoms with Crippen LogP contribution in [0.15, 0.2) is 42.5 Å². The molecule has 0 aliphatic rings. The Morgan fingerprint density at radius 1 is 1.14 bits per heavy atom. The van der Waals surface area contributed by atoms with Crippen LogP contribution in [0.2, 0.25) is 0 Å².